The summed E-state index contributed by atoms with van der Waals surface area (Å²) in [6.45, 7) is 2.01. The SMILES string of the molecule is Cc1ccc(-c2cc(C(=O)NC3CC3)cc(-n3nnnc3CC3CC3)c2)nc1. The molecule has 2 heterocycles. The molecule has 2 aromatic heterocycles. The van der Waals surface area contributed by atoms with Gasteiger partial charge in [-0.25, -0.2) is 0 Å². The molecule has 28 heavy (non-hydrogen) atoms. The Kier molecular flexibility index (Phi) is 4.15. The van der Waals surface area contributed by atoms with Crippen LogP contribution in [0.5, 0.6) is 0 Å². The highest BCUT2D eigenvalue weighted by atomic mass is 16.1. The number of amides is 1. The lowest BCUT2D eigenvalue weighted by atomic mass is 10.0. The summed E-state index contributed by atoms with van der Waals surface area (Å²) >= 11 is 0. The summed E-state index contributed by atoms with van der Waals surface area (Å²) in [6, 6.07) is 10.1. The molecule has 0 atom stereocenters. The van der Waals surface area contributed by atoms with E-state index in [1.165, 1.54) is 12.8 Å². The van der Waals surface area contributed by atoms with E-state index in [-0.39, 0.29) is 5.91 Å². The maximum absolute atomic E-state index is 12.7. The van der Waals surface area contributed by atoms with Crippen molar-refractivity contribution in [3.8, 4) is 16.9 Å². The molecule has 7 nitrogen and oxygen atoms in total. The Morgan fingerprint density at radius 2 is 2.04 bits per heavy atom. The van der Waals surface area contributed by atoms with Gasteiger partial charge in [-0.15, -0.1) is 5.10 Å². The summed E-state index contributed by atoms with van der Waals surface area (Å²) in [6.07, 6.45) is 7.27. The molecule has 0 radical (unpaired) electrons. The van der Waals surface area contributed by atoms with Gasteiger partial charge in [-0.05, 0) is 78.8 Å². The number of aromatic nitrogens is 5. The van der Waals surface area contributed by atoms with Gasteiger partial charge in [0, 0.05) is 29.8 Å². The second-order valence-corrected chi connectivity index (χ2v) is 7.89. The van der Waals surface area contributed by atoms with Crippen molar-refractivity contribution >= 4 is 5.91 Å². The van der Waals surface area contributed by atoms with Crippen LogP contribution >= 0.6 is 0 Å². The smallest absolute Gasteiger partial charge is 0.251 e. The molecule has 2 aliphatic carbocycles. The summed E-state index contributed by atoms with van der Waals surface area (Å²) in [5.74, 6) is 1.45. The largest absolute Gasteiger partial charge is 0.349 e. The second-order valence-electron chi connectivity index (χ2n) is 7.89. The molecule has 0 saturated heterocycles. The molecule has 1 N–H and O–H groups in total. The highest BCUT2D eigenvalue weighted by Gasteiger charge is 2.26. The van der Waals surface area contributed by atoms with E-state index < -0.39 is 0 Å². The highest BCUT2D eigenvalue weighted by molar-refractivity contribution is 5.96. The lowest BCUT2D eigenvalue weighted by Gasteiger charge is -2.11. The average Bonchev–Trinajstić information content (AvgIpc) is 3.62. The predicted molar refractivity (Wildman–Crippen MR) is 104 cm³/mol. The van der Waals surface area contributed by atoms with Crippen molar-refractivity contribution in [2.45, 2.75) is 45.1 Å². The van der Waals surface area contributed by atoms with Crippen LogP contribution in [0.3, 0.4) is 0 Å². The van der Waals surface area contributed by atoms with Gasteiger partial charge in [-0.1, -0.05) is 6.07 Å². The van der Waals surface area contributed by atoms with Crippen LogP contribution in [0.25, 0.3) is 16.9 Å². The zero-order chi connectivity index (χ0) is 19.1. The van der Waals surface area contributed by atoms with Crippen LogP contribution in [-0.2, 0) is 6.42 Å². The zero-order valence-electron chi connectivity index (χ0n) is 15.8. The fraction of sp³-hybridized carbons (Fsp3) is 0.381. The Morgan fingerprint density at radius 1 is 1.18 bits per heavy atom. The number of pyridine rings is 1. The molecule has 5 rings (SSSR count). The van der Waals surface area contributed by atoms with E-state index >= 15 is 0 Å². The minimum absolute atomic E-state index is 0.0606. The van der Waals surface area contributed by atoms with Crippen molar-refractivity contribution < 1.29 is 4.79 Å². The standard InChI is InChI=1S/C21H22N6O/c1-13-2-7-19(22-12-13)15-9-16(21(28)23-17-5-6-17)11-18(10-15)27-20(24-25-26-27)8-14-3-4-14/h2,7,9-12,14,17H,3-6,8H2,1H3,(H,23,28). The van der Waals surface area contributed by atoms with E-state index in [9.17, 15) is 4.79 Å². The molecule has 0 spiro atoms. The number of benzene rings is 1. The number of aryl methyl sites for hydroxylation is 1. The first-order valence-corrected chi connectivity index (χ1v) is 9.82. The van der Waals surface area contributed by atoms with Gasteiger partial charge >= 0.3 is 0 Å². The number of carbonyl (C=O) groups is 1. The molecule has 1 amide bonds. The lowest BCUT2D eigenvalue weighted by molar-refractivity contribution is 0.0951. The third kappa shape index (κ3) is 3.65. The molecule has 2 fully saturated rings. The first kappa shape index (κ1) is 17.0. The Balaban J connectivity index is 1.57. The summed E-state index contributed by atoms with van der Waals surface area (Å²) in [7, 11) is 0. The highest BCUT2D eigenvalue weighted by Crippen LogP contribution is 2.32. The van der Waals surface area contributed by atoms with Crippen LogP contribution in [0, 0.1) is 12.8 Å². The third-order valence-electron chi connectivity index (χ3n) is 5.25. The summed E-state index contributed by atoms with van der Waals surface area (Å²) in [5.41, 5.74) is 4.20. The monoisotopic (exact) mass is 374 g/mol. The van der Waals surface area contributed by atoms with Gasteiger partial charge in [0.1, 0.15) is 0 Å². The van der Waals surface area contributed by atoms with Crippen molar-refractivity contribution in [3.05, 3.63) is 53.5 Å². The first-order valence-electron chi connectivity index (χ1n) is 9.82. The fourth-order valence-corrected chi connectivity index (χ4v) is 3.26. The van der Waals surface area contributed by atoms with Gasteiger partial charge < -0.3 is 5.32 Å². The molecule has 0 aliphatic heterocycles. The van der Waals surface area contributed by atoms with Crippen molar-refractivity contribution in [2.75, 3.05) is 0 Å². The van der Waals surface area contributed by atoms with Crippen LogP contribution in [0.1, 0.15) is 47.4 Å². The van der Waals surface area contributed by atoms with Gasteiger partial charge in [0.25, 0.3) is 5.91 Å². The molecule has 0 unspecified atom stereocenters. The van der Waals surface area contributed by atoms with E-state index in [2.05, 4.69) is 25.8 Å². The quantitative estimate of drug-likeness (QED) is 0.717. The van der Waals surface area contributed by atoms with Gasteiger partial charge in [0.2, 0.25) is 0 Å². The number of tetrazole rings is 1. The van der Waals surface area contributed by atoms with E-state index in [0.29, 0.717) is 17.5 Å². The fourth-order valence-electron chi connectivity index (χ4n) is 3.26. The normalized spacial score (nSPS) is 16.2. The number of rotatable bonds is 6. The van der Waals surface area contributed by atoms with Crippen LogP contribution in [0.2, 0.25) is 0 Å². The third-order valence-corrected chi connectivity index (χ3v) is 5.25. The van der Waals surface area contributed by atoms with E-state index in [0.717, 1.165) is 47.6 Å². The Hall–Kier alpha value is -3.09. The summed E-state index contributed by atoms with van der Waals surface area (Å²) in [4.78, 5) is 17.3. The molecular formula is C21H22N6O. The van der Waals surface area contributed by atoms with Crippen LogP contribution < -0.4 is 5.32 Å². The number of hydrogen-bond donors (Lipinski definition) is 1. The minimum atomic E-state index is -0.0606. The minimum Gasteiger partial charge on any atom is -0.349 e. The molecular weight excluding hydrogens is 352 g/mol. The molecule has 3 aromatic rings. The first-order chi connectivity index (χ1) is 13.7. The van der Waals surface area contributed by atoms with E-state index in [4.69, 9.17) is 0 Å². The average molecular weight is 374 g/mol. The maximum Gasteiger partial charge on any atom is 0.251 e. The number of nitrogens with zero attached hydrogens (tertiary/aromatic N) is 5. The predicted octanol–water partition coefficient (Wildman–Crippen LogP) is 2.88. The molecule has 0 bridgehead atoms. The molecule has 142 valence electrons. The van der Waals surface area contributed by atoms with Crippen LogP contribution in [0.15, 0.2) is 36.5 Å². The topological polar surface area (TPSA) is 85.6 Å². The van der Waals surface area contributed by atoms with E-state index in [1.54, 1.807) is 4.68 Å². The summed E-state index contributed by atoms with van der Waals surface area (Å²) in [5, 5.41) is 15.3. The van der Waals surface area contributed by atoms with Crippen LogP contribution in [0.4, 0.5) is 0 Å². The maximum atomic E-state index is 12.7. The van der Waals surface area contributed by atoms with Gasteiger partial charge in [-0.3, -0.25) is 9.78 Å². The Morgan fingerprint density at radius 3 is 2.75 bits per heavy atom. The number of carbonyl (C=O) groups excluding carboxylic acids is 1. The zero-order valence-corrected chi connectivity index (χ0v) is 15.8. The number of nitrogens with one attached hydrogen (secondary N) is 1. The van der Waals surface area contributed by atoms with Gasteiger partial charge in [0.05, 0.1) is 11.4 Å². The Bertz CT molecular complexity index is 1020. The number of hydrogen-bond acceptors (Lipinski definition) is 5. The second kappa shape index (κ2) is 6.82. The van der Waals surface area contributed by atoms with Crippen molar-refractivity contribution in [1.29, 1.82) is 0 Å². The molecule has 1 aromatic carbocycles. The van der Waals surface area contributed by atoms with Crippen molar-refractivity contribution in [1.82, 2.24) is 30.5 Å². The summed E-state index contributed by atoms with van der Waals surface area (Å²) < 4.78 is 1.75. The van der Waals surface area contributed by atoms with Crippen molar-refractivity contribution in [2.24, 2.45) is 5.92 Å². The van der Waals surface area contributed by atoms with E-state index in [1.807, 2.05) is 43.5 Å². The van der Waals surface area contributed by atoms with Gasteiger partial charge in [-0.2, -0.15) is 4.68 Å². The lowest BCUT2D eigenvalue weighted by Crippen LogP contribution is -2.25. The Labute approximate surface area is 163 Å². The molecule has 2 saturated carbocycles. The van der Waals surface area contributed by atoms with Crippen LogP contribution in [-0.4, -0.2) is 37.1 Å². The van der Waals surface area contributed by atoms with Gasteiger partial charge in [0.15, 0.2) is 5.82 Å². The molecule has 2 aliphatic rings. The molecule has 7 heteroatoms. The van der Waals surface area contributed by atoms with Crippen molar-refractivity contribution in [3.63, 3.8) is 0 Å².